The number of hydrazone groups is 1. The van der Waals surface area contributed by atoms with Gasteiger partial charge in [-0.25, -0.2) is 10.2 Å². The molecular weight excluding hydrogens is 362 g/mol. The summed E-state index contributed by atoms with van der Waals surface area (Å²) in [6.07, 6.45) is 0.671. The average molecular weight is 385 g/mol. The van der Waals surface area contributed by atoms with Gasteiger partial charge in [0.2, 0.25) is 5.91 Å². The molecular formula is C20H23N3O5. The van der Waals surface area contributed by atoms with Crippen molar-refractivity contribution in [2.75, 3.05) is 13.7 Å². The summed E-state index contributed by atoms with van der Waals surface area (Å²) in [6, 6.07) is 13.4. The number of nitrogens with one attached hydrogen (secondary N) is 2. The minimum atomic E-state index is -0.603. The summed E-state index contributed by atoms with van der Waals surface area (Å²) in [5.41, 5.74) is 3.54. The van der Waals surface area contributed by atoms with E-state index >= 15 is 0 Å². The first-order valence-electron chi connectivity index (χ1n) is 8.71. The number of benzene rings is 2. The molecule has 0 saturated carbocycles. The highest BCUT2D eigenvalue weighted by Crippen LogP contribution is 2.27. The molecule has 3 N–H and O–H groups in total. The third-order valence-electron chi connectivity index (χ3n) is 3.80. The van der Waals surface area contributed by atoms with Gasteiger partial charge < -0.3 is 19.9 Å². The van der Waals surface area contributed by atoms with Crippen molar-refractivity contribution in [3.05, 3.63) is 59.7 Å². The lowest BCUT2D eigenvalue weighted by atomic mass is 10.0. The Kier molecular flexibility index (Phi) is 7.83. The molecule has 2 rings (SSSR count). The fourth-order valence-electron chi connectivity index (χ4n) is 2.47. The van der Waals surface area contributed by atoms with Crippen molar-refractivity contribution in [2.45, 2.75) is 19.4 Å². The van der Waals surface area contributed by atoms with E-state index in [1.54, 1.807) is 25.1 Å². The predicted molar refractivity (Wildman–Crippen MR) is 104 cm³/mol. The monoisotopic (exact) mass is 385 g/mol. The standard InChI is InChI=1S/C20H23N3O5/c1-3-28-20(26)22-16(14-8-5-4-6-9-14)12-18(24)23-21-13-15-10-7-11-17(27-2)19(15)25/h4-11,13,16,25H,3,12H2,1-2H3,(H,22,26)(H,23,24)/b21-13-/t16-/m0/s1. The number of hydrogen-bond donors (Lipinski definition) is 3. The Morgan fingerprint density at radius 3 is 2.61 bits per heavy atom. The van der Waals surface area contributed by atoms with Crippen LogP contribution in [0.2, 0.25) is 0 Å². The molecule has 8 heteroatoms. The highest BCUT2D eigenvalue weighted by atomic mass is 16.5. The molecule has 8 nitrogen and oxygen atoms in total. The van der Waals surface area contributed by atoms with E-state index in [1.165, 1.54) is 13.3 Å². The van der Waals surface area contributed by atoms with E-state index in [2.05, 4.69) is 15.8 Å². The fraction of sp³-hybridized carbons (Fsp3) is 0.250. The Morgan fingerprint density at radius 2 is 1.93 bits per heavy atom. The Hall–Kier alpha value is -3.55. The van der Waals surface area contributed by atoms with Crippen molar-refractivity contribution in [3.63, 3.8) is 0 Å². The summed E-state index contributed by atoms with van der Waals surface area (Å²) in [5, 5.41) is 16.5. The number of ether oxygens (including phenoxy) is 2. The van der Waals surface area contributed by atoms with E-state index in [9.17, 15) is 14.7 Å². The van der Waals surface area contributed by atoms with Crippen LogP contribution in [-0.4, -0.2) is 37.0 Å². The summed E-state index contributed by atoms with van der Waals surface area (Å²) < 4.78 is 9.92. The number of hydrogen-bond acceptors (Lipinski definition) is 6. The number of alkyl carbamates (subject to hydrolysis) is 1. The SMILES string of the molecule is CCOC(=O)N[C@@H](CC(=O)N/N=C\c1cccc(OC)c1O)c1ccccc1. The van der Waals surface area contributed by atoms with E-state index in [0.29, 0.717) is 11.3 Å². The zero-order valence-electron chi connectivity index (χ0n) is 15.7. The Morgan fingerprint density at radius 1 is 1.18 bits per heavy atom. The van der Waals surface area contributed by atoms with Gasteiger partial charge in [0.05, 0.1) is 32.4 Å². The van der Waals surface area contributed by atoms with Crippen LogP contribution >= 0.6 is 0 Å². The smallest absolute Gasteiger partial charge is 0.407 e. The number of phenolic OH excluding ortho intramolecular Hbond substituents is 1. The molecule has 0 aliphatic rings. The molecule has 2 aromatic rings. The third kappa shape index (κ3) is 6.01. The summed E-state index contributed by atoms with van der Waals surface area (Å²) in [5.74, 6) is -0.184. The highest BCUT2D eigenvalue weighted by Gasteiger charge is 2.18. The maximum atomic E-state index is 12.3. The van der Waals surface area contributed by atoms with Gasteiger partial charge >= 0.3 is 6.09 Å². The zero-order chi connectivity index (χ0) is 20.4. The lowest BCUT2D eigenvalue weighted by Gasteiger charge is -2.18. The van der Waals surface area contributed by atoms with Gasteiger partial charge in [-0.2, -0.15) is 5.10 Å². The Bertz CT molecular complexity index is 824. The van der Waals surface area contributed by atoms with Crippen LogP contribution in [0.1, 0.15) is 30.5 Å². The molecule has 0 unspecified atom stereocenters. The molecule has 148 valence electrons. The summed E-state index contributed by atoms with van der Waals surface area (Å²) >= 11 is 0. The van der Waals surface area contributed by atoms with Crippen LogP contribution in [0, 0.1) is 0 Å². The largest absolute Gasteiger partial charge is 0.504 e. The Labute approximate surface area is 163 Å². The first kappa shape index (κ1) is 20.8. The van der Waals surface area contributed by atoms with Gasteiger partial charge in [-0.05, 0) is 24.6 Å². The topological polar surface area (TPSA) is 109 Å². The maximum Gasteiger partial charge on any atom is 0.407 e. The number of carbonyl (C=O) groups excluding carboxylic acids is 2. The number of aromatic hydroxyl groups is 1. The second kappa shape index (κ2) is 10.6. The van der Waals surface area contributed by atoms with E-state index in [1.807, 2.05) is 30.3 Å². The number of carbonyl (C=O) groups is 2. The molecule has 0 fully saturated rings. The van der Waals surface area contributed by atoms with Crippen molar-refractivity contribution in [2.24, 2.45) is 5.10 Å². The van der Waals surface area contributed by atoms with Crippen LogP contribution in [-0.2, 0) is 9.53 Å². The van der Waals surface area contributed by atoms with Gasteiger partial charge in [0.25, 0.3) is 0 Å². The zero-order valence-corrected chi connectivity index (χ0v) is 15.7. The summed E-state index contributed by atoms with van der Waals surface area (Å²) in [4.78, 5) is 24.0. The van der Waals surface area contributed by atoms with Gasteiger partial charge in [-0.3, -0.25) is 4.79 Å². The molecule has 0 spiro atoms. The normalized spacial score (nSPS) is 11.6. The minimum absolute atomic E-state index is 0.0374. The van der Waals surface area contributed by atoms with Crippen molar-refractivity contribution >= 4 is 18.2 Å². The second-order valence-electron chi connectivity index (χ2n) is 5.72. The van der Waals surface area contributed by atoms with Gasteiger partial charge in [0.1, 0.15) is 0 Å². The van der Waals surface area contributed by atoms with Gasteiger partial charge in [0, 0.05) is 5.56 Å². The van der Waals surface area contributed by atoms with Crippen molar-refractivity contribution in [1.29, 1.82) is 0 Å². The van der Waals surface area contributed by atoms with Crippen molar-refractivity contribution < 1.29 is 24.2 Å². The van der Waals surface area contributed by atoms with Crippen LogP contribution in [0.25, 0.3) is 0 Å². The molecule has 0 bridgehead atoms. The molecule has 28 heavy (non-hydrogen) atoms. The quantitative estimate of drug-likeness (QED) is 0.478. The van der Waals surface area contributed by atoms with Crippen molar-refractivity contribution in [1.82, 2.24) is 10.7 Å². The molecule has 0 aliphatic carbocycles. The lowest BCUT2D eigenvalue weighted by molar-refractivity contribution is -0.121. The molecule has 2 aromatic carbocycles. The van der Waals surface area contributed by atoms with E-state index in [0.717, 1.165) is 5.56 Å². The predicted octanol–water partition coefficient (Wildman–Crippen LogP) is 2.73. The van der Waals surface area contributed by atoms with Crippen LogP contribution in [0.5, 0.6) is 11.5 Å². The van der Waals surface area contributed by atoms with E-state index < -0.39 is 18.0 Å². The van der Waals surface area contributed by atoms with Crippen molar-refractivity contribution in [3.8, 4) is 11.5 Å². The molecule has 0 aliphatic heterocycles. The first-order chi connectivity index (χ1) is 13.5. The number of amides is 2. The Balaban J connectivity index is 2.02. The molecule has 2 amide bonds. The third-order valence-corrected chi connectivity index (χ3v) is 3.80. The fourth-order valence-corrected chi connectivity index (χ4v) is 2.47. The van der Waals surface area contributed by atoms with Crippen LogP contribution in [0.4, 0.5) is 4.79 Å². The van der Waals surface area contributed by atoms with Crippen LogP contribution < -0.4 is 15.5 Å². The summed E-state index contributed by atoms with van der Waals surface area (Å²) in [7, 11) is 1.44. The number of nitrogens with zero attached hydrogens (tertiary/aromatic N) is 1. The number of rotatable bonds is 8. The van der Waals surface area contributed by atoms with E-state index in [-0.39, 0.29) is 18.8 Å². The number of methoxy groups -OCH3 is 1. The first-order valence-corrected chi connectivity index (χ1v) is 8.71. The van der Waals surface area contributed by atoms with Gasteiger partial charge in [-0.15, -0.1) is 0 Å². The second-order valence-corrected chi connectivity index (χ2v) is 5.72. The van der Waals surface area contributed by atoms with Gasteiger partial charge in [0.15, 0.2) is 11.5 Å². The highest BCUT2D eigenvalue weighted by molar-refractivity contribution is 5.86. The molecule has 0 heterocycles. The lowest BCUT2D eigenvalue weighted by Crippen LogP contribution is -2.33. The van der Waals surface area contributed by atoms with E-state index in [4.69, 9.17) is 9.47 Å². The number of phenols is 1. The van der Waals surface area contributed by atoms with Crippen LogP contribution in [0.15, 0.2) is 53.6 Å². The maximum absolute atomic E-state index is 12.3. The van der Waals surface area contributed by atoms with Gasteiger partial charge in [-0.1, -0.05) is 36.4 Å². The summed E-state index contributed by atoms with van der Waals surface area (Å²) in [6.45, 7) is 1.93. The van der Waals surface area contributed by atoms with Crippen LogP contribution in [0.3, 0.4) is 0 Å². The average Bonchev–Trinajstić information content (AvgIpc) is 2.69. The molecule has 0 saturated heterocycles. The minimum Gasteiger partial charge on any atom is -0.504 e. The molecule has 0 aromatic heterocycles. The molecule has 1 atom stereocenters. The molecule has 0 radical (unpaired) electrons. The number of para-hydroxylation sites is 1.